The molecule has 0 bridgehead atoms. The Morgan fingerprint density at radius 3 is 2.75 bits per heavy atom. The van der Waals surface area contributed by atoms with Crippen LogP contribution >= 0.6 is 0 Å². The molecule has 1 heterocycles. The molecular weight excluding hydrogens is 254 g/mol. The van der Waals surface area contributed by atoms with Crippen LogP contribution in [0.1, 0.15) is 39.7 Å². The third-order valence-corrected chi connectivity index (χ3v) is 2.64. The van der Waals surface area contributed by atoms with Gasteiger partial charge in [0.2, 0.25) is 0 Å². The standard InChI is InChI=1S/C14H17NO3.C2H6.H2/c1-3-15-6-7-17-12-5-4-11-8-13(10(2)16)18-14(11)9-12;1-2;/h4-5,8-9,15H,3,6-7H2,1-2H3;1-2H3;1H. The smallest absolute Gasteiger partial charge is 0.194 e. The predicted octanol–water partition coefficient (Wildman–Crippen LogP) is 3.90. The molecule has 0 aliphatic heterocycles. The molecule has 0 aliphatic carbocycles. The maximum atomic E-state index is 11.2. The lowest BCUT2D eigenvalue weighted by atomic mass is 10.2. The summed E-state index contributed by atoms with van der Waals surface area (Å²) in [4.78, 5) is 11.2. The van der Waals surface area contributed by atoms with Crippen LogP contribution in [0.4, 0.5) is 0 Å². The minimum absolute atomic E-state index is 0. The summed E-state index contributed by atoms with van der Waals surface area (Å²) < 4.78 is 11.0. The summed E-state index contributed by atoms with van der Waals surface area (Å²) in [6, 6.07) is 7.34. The van der Waals surface area contributed by atoms with Crippen LogP contribution in [0.25, 0.3) is 11.0 Å². The number of hydrogen-bond acceptors (Lipinski definition) is 4. The third kappa shape index (κ3) is 4.38. The molecule has 20 heavy (non-hydrogen) atoms. The second kappa shape index (κ2) is 8.38. The number of furan rings is 1. The molecule has 0 amide bonds. The van der Waals surface area contributed by atoms with Crippen LogP contribution in [-0.4, -0.2) is 25.5 Å². The van der Waals surface area contributed by atoms with Gasteiger partial charge in [0.25, 0.3) is 0 Å². The molecule has 4 nitrogen and oxygen atoms in total. The molecule has 2 aromatic rings. The molecule has 2 rings (SSSR count). The first-order valence-corrected chi connectivity index (χ1v) is 7.08. The Balaban J connectivity index is 0.00000128. The van der Waals surface area contributed by atoms with Crippen molar-refractivity contribution < 1.29 is 15.4 Å². The average Bonchev–Trinajstić information content (AvgIpc) is 2.89. The summed E-state index contributed by atoms with van der Waals surface area (Å²) in [5.74, 6) is 1.07. The molecule has 4 heteroatoms. The number of carbonyl (C=O) groups excluding carboxylic acids is 1. The van der Waals surface area contributed by atoms with Crippen LogP contribution in [0, 0.1) is 0 Å². The lowest BCUT2D eigenvalue weighted by Crippen LogP contribution is -2.20. The second-order valence-electron chi connectivity index (χ2n) is 4.07. The molecule has 0 saturated carbocycles. The number of likely N-dealkylation sites (N-methyl/N-ethyl adjacent to an activating group) is 1. The maximum absolute atomic E-state index is 11.2. The van der Waals surface area contributed by atoms with Crippen molar-refractivity contribution >= 4 is 16.8 Å². The van der Waals surface area contributed by atoms with E-state index >= 15 is 0 Å². The number of Topliss-reactive ketones (excluding diaryl/α,β-unsaturated/α-hetero) is 1. The van der Waals surface area contributed by atoms with E-state index in [9.17, 15) is 4.79 Å². The zero-order valence-electron chi connectivity index (χ0n) is 12.7. The fraction of sp³-hybridized carbons (Fsp3) is 0.438. The van der Waals surface area contributed by atoms with Crippen LogP contribution in [0.3, 0.4) is 0 Å². The number of carbonyl (C=O) groups is 1. The minimum atomic E-state index is -0.0687. The number of rotatable bonds is 6. The summed E-state index contributed by atoms with van der Waals surface area (Å²) in [5, 5.41) is 4.10. The SMILES string of the molecule is CC.CCNCCOc1ccc2cc(C(C)=O)oc2c1.[HH]. The number of ketones is 1. The van der Waals surface area contributed by atoms with Crippen LogP contribution in [0.5, 0.6) is 5.75 Å². The molecule has 0 aliphatic rings. The fourth-order valence-electron chi connectivity index (χ4n) is 1.69. The highest BCUT2D eigenvalue weighted by Crippen LogP contribution is 2.24. The molecule has 1 aromatic heterocycles. The van der Waals surface area contributed by atoms with E-state index in [4.69, 9.17) is 9.15 Å². The van der Waals surface area contributed by atoms with Crippen molar-refractivity contribution in [1.82, 2.24) is 5.32 Å². The molecule has 0 saturated heterocycles. The van der Waals surface area contributed by atoms with E-state index in [2.05, 4.69) is 12.2 Å². The van der Waals surface area contributed by atoms with Gasteiger partial charge in [-0.25, -0.2) is 0 Å². The lowest BCUT2D eigenvalue weighted by Gasteiger charge is -2.05. The highest BCUT2D eigenvalue weighted by molar-refractivity contribution is 5.96. The van der Waals surface area contributed by atoms with E-state index < -0.39 is 0 Å². The van der Waals surface area contributed by atoms with Gasteiger partial charge in [0, 0.05) is 26.3 Å². The largest absolute Gasteiger partial charge is 0.492 e. The summed E-state index contributed by atoms with van der Waals surface area (Å²) >= 11 is 0. The lowest BCUT2D eigenvalue weighted by molar-refractivity contribution is 0.0989. The van der Waals surface area contributed by atoms with Crippen molar-refractivity contribution in [1.29, 1.82) is 0 Å². The Hall–Kier alpha value is -1.81. The Bertz CT molecular complexity index is 551. The van der Waals surface area contributed by atoms with Crippen molar-refractivity contribution in [3.63, 3.8) is 0 Å². The summed E-state index contributed by atoms with van der Waals surface area (Å²) in [7, 11) is 0. The average molecular weight is 279 g/mol. The molecule has 112 valence electrons. The highest BCUT2D eigenvalue weighted by Gasteiger charge is 2.08. The van der Waals surface area contributed by atoms with Crippen LogP contribution in [-0.2, 0) is 0 Å². The first kappa shape index (κ1) is 16.2. The second-order valence-corrected chi connectivity index (χ2v) is 4.07. The first-order valence-electron chi connectivity index (χ1n) is 7.08. The van der Waals surface area contributed by atoms with E-state index in [1.54, 1.807) is 6.07 Å². The van der Waals surface area contributed by atoms with Crippen LogP contribution in [0.15, 0.2) is 28.7 Å². The van der Waals surface area contributed by atoms with E-state index in [1.165, 1.54) is 6.92 Å². The van der Waals surface area contributed by atoms with Gasteiger partial charge in [-0.3, -0.25) is 4.79 Å². The summed E-state index contributed by atoms with van der Waals surface area (Å²) in [5.41, 5.74) is 0.682. The first-order chi connectivity index (χ1) is 9.70. The van der Waals surface area contributed by atoms with Gasteiger partial charge in [0.05, 0.1) is 0 Å². The van der Waals surface area contributed by atoms with Crippen molar-refractivity contribution in [2.24, 2.45) is 0 Å². The Morgan fingerprint density at radius 2 is 2.10 bits per heavy atom. The van der Waals surface area contributed by atoms with Gasteiger partial charge in [-0.2, -0.15) is 0 Å². The quantitative estimate of drug-likeness (QED) is 0.643. The molecule has 1 N–H and O–H groups in total. The Morgan fingerprint density at radius 1 is 1.35 bits per heavy atom. The van der Waals surface area contributed by atoms with Gasteiger partial charge < -0.3 is 14.5 Å². The van der Waals surface area contributed by atoms with E-state index in [0.717, 1.165) is 24.2 Å². The fourth-order valence-corrected chi connectivity index (χ4v) is 1.69. The number of fused-ring (bicyclic) bond motifs is 1. The Labute approximate surface area is 121 Å². The number of ether oxygens (including phenoxy) is 1. The molecule has 0 fully saturated rings. The van der Waals surface area contributed by atoms with Crippen molar-refractivity contribution in [3.8, 4) is 5.75 Å². The van der Waals surface area contributed by atoms with Crippen LogP contribution in [0.2, 0.25) is 0 Å². The van der Waals surface area contributed by atoms with E-state index in [1.807, 2.05) is 32.0 Å². The molecule has 0 atom stereocenters. The highest BCUT2D eigenvalue weighted by atomic mass is 16.5. The van der Waals surface area contributed by atoms with Gasteiger partial charge in [-0.05, 0) is 24.7 Å². The molecule has 1 aromatic carbocycles. The number of nitrogens with one attached hydrogen (secondary N) is 1. The number of hydrogen-bond donors (Lipinski definition) is 1. The zero-order chi connectivity index (χ0) is 15.0. The number of benzene rings is 1. The van der Waals surface area contributed by atoms with Gasteiger partial charge in [0.15, 0.2) is 11.5 Å². The summed E-state index contributed by atoms with van der Waals surface area (Å²) in [6.07, 6.45) is 0. The molecule has 0 radical (unpaired) electrons. The van der Waals surface area contributed by atoms with Crippen molar-refractivity contribution in [2.75, 3.05) is 19.7 Å². The van der Waals surface area contributed by atoms with Gasteiger partial charge >= 0.3 is 0 Å². The summed E-state index contributed by atoms with van der Waals surface area (Å²) in [6.45, 7) is 9.90. The predicted molar refractivity (Wildman–Crippen MR) is 83.7 cm³/mol. The van der Waals surface area contributed by atoms with Gasteiger partial charge in [-0.15, -0.1) is 0 Å². The van der Waals surface area contributed by atoms with Crippen molar-refractivity contribution in [3.05, 3.63) is 30.0 Å². The van der Waals surface area contributed by atoms with E-state index in [-0.39, 0.29) is 7.21 Å². The third-order valence-electron chi connectivity index (χ3n) is 2.64. The molecule has 0 spiro atoms. The van der Waals surface area contributed by atoms with Gasteiger partial charge in [-0.1, -0.05) is 20.8 Å². The van der Waals surface area contributed by atoms with Crippen LogP contribution < -0.4 is 10.1 Å². The molecular formula is C16H25NO3. The van der Waals surface area contributed by atoms with Gasteiger partial charge in [0.1, 0.15) is 17.9 Å². The monoisotopic (exact) mass is 279 g/mol. The minimum Gasteiger partial charge on any atom is -0.492 e. The van der Waals surface area contributed by atoms with E-state index in [0.29, 0.717) is 18.0 Å². The van der Waals surface area contributed by atoms with Crippen molar-refractivity contribution in [2.45, 2.75) is 27.7 Å². The normalized spacial score (nSPS) is 10.0. The topological polar surface area (TPSA) is 51.5 Å². The Kier molecular flexibility index (Phi) is 6.81. The maximum Gasteiger partial charge on any atom is 0.194 e. The molecule has 0 unspecified atom stereocenters. The zero-order valence-corrected chi connectivity index (χ0v) is 12.7.